The van der Waals surface area contributed by atoms with Gasteiger partial charge in [-0.15, -0.1) is 17.0 Å². The molecule has 0 rings (SSSR count). The zero-order valence-corrected chi connectivity index (χ0v) is 8.05. The van der Waals surface area contributed by atoms with Gasteiger partial charge in [0.2, 0.25) is 0 Å². The molecule has 4 N–H and O–H groups in total. The Labute approximate surface area is 72.8 Å². The van der Waals surface area contributed by atoms with E-state index in [2.05, 4.69) is 12.2 Å². The largest absolute Gasteiger partial charge is 0.377 e. The number of hydrogen-bond donors (Lipinski definition) is 3. The monoisotopic (exact) mass is 212 g/mol. The molecule has 0 bridgehead atoms. The highest BCUT2D eigenvalue weighted by Gasteiger charge is 1.91. The lowest BCUT2D eigenvalue weighted by molar-refractivity contribution is 0.179. The lowest BCUT2D eigenvalue weighted by Crippen LogP contribution is -2.33. The van der Waals surface area contributed by atoms with Crippen molar-refractivity contribution in [2.45, 2.75) is 26.0 Å². The molecule has 0 aliphatic carbocycles. The van der Waals surface area contributed by atoms with Gasteiger partial charge in [-0.05, 0) is 13.0 Å². The Balaban J connectivity index is 0. The van der Waals surface area contributed by atoms with Crippen molar-refractivity contribution < 1.29 is 5.11 Å². The van der Waals surface area contributed by atoms with Gasteiger partial charge in [-0.25, -0.2) is 0 Å². The molecule has 0 aromatic heterocycles. The van der Waals surface area contributed by atoms with E-state index in [1.54, 1.807) is 0 Å². The van der Waals surface area contributed by atoms with Gasteiger partial charge in [-0.2, -0.15) is 0 Å². The van der Waals surface area contributed by atoms with Crippen molar-refractivity contribution in [3.05, 3.63) is 0 Å². The Bertz CT molecular complexity index is 61.7. The number of aliphatic hydroxyl groups is 1. The molecule has 0 aromatic carbocycles. The van der Waals surface area contributed by atoms with E-state index >= 15 is 0 Å². The number of nitrogens with two attached hydrogens (primary N) is 1. The van der Waals surface area contributed by atoms with Crippen LogP contribution in [0.25, 0.3) is 0 Å². The Morgan fingerprint density at radius 2 is 2.20 bits per heavy atom. The maximum absolute atomic E-state index is 8.57. The average molecular weight is 213 g/mol. The second-order valence-electron chi connectivity index (χ2n) is 2.13. The first-order valence-corrected chi connectivity index (χ1v) is 3.41. The van der Waals surface area contributed by atoms with Crippen molar-refractivity contribution in [2.75, 3.05) is 13.1 Å². The lowest BCUT2D eigenvalue weighted by Gasteiger charge is -2.04. The minimum absolute atomic E-state index is 0. The summed E-state index contributed by atoms with van der Waals surface area (Å²) in [6.07, 6.45) is 1.61. The van der Waals surface area contributed by atoms with E-state index in [0.717, 1.165) is 13.0 Å². The molecule has 0 aliphatic rings. The quantitative estimate of drug-likeness (QED) is 0.452. The van der Waals surface area contributed by atoms with Crippen molar-refractivity contribution >= 4 is 17.0 Å². The van der Waals surface area contributed by atoms with E-state index in [-0.39, 0.29) is 17.0 Å². The fraction of sp³-hybridized carbons (Fsp3) is 1.00. The molecule has 1 unspecified atom stereocenters. The van der Waals surface area contributed by atoms with Gasteiger partial charge in [0.1, 0.15) is 6.23 Å². The zero-order valence-electron chi connectivity index (χ0n) is 6.34. The third-order valence-electron chi connectivity index (χ3n) is 1.06. The normalized spacial score (nSPS) is 12.3. The molecule has 0 spiro atoms. The smallest absolute Gasteiger partial charge is 0.115 e. The molecule has 0 saturated heterocycles. The fourth-order valence-corrected chi connectivity index (χ4v) is 0.552. The predicted octanol–water partition coefficient (Wildman–Crippen LogP) is 0.231. The average Bonchev–Trinajstić information content (AvgIpc) is 1.80. The Morgan fingerprint density at radius 1 is 1.60 bits per heavy atom. The molecule has 3 nitrogen and oxygen atoms in total. The van der Waals surface area contributed by atoms with E-state index in [1.807, 2.05) is 0 Å². The van der Waals surface area contributed by atoms with E-state index in [0.29, 0.717) is 6.54 Å². The number of hydrogen-bond acceptors (Lipinski definition) is 3. The van der Waals surface area contributed by atoms with Gasteiger partial charge in [0, 0.05) is 6.54 Å². The van der Waals surface area contributed by atoms with Crippen LogP contribution in [0.15, 0.2) is 0 Å². The van der Waals surface area contributed by atoms with Crippen LogP contribution in [0.1, 0.15) is 19.8 Å². The van der Waals surface area contributed by atoms with Crippen molar-refractivity contribution in [1.82, 2.24) is 5.32 Å². The van der Waals surface area contributed by atoms with Gasteiger partial charge >= 0.3 is 0 Å². The predicted molar refractivity (Wildman–Crippen MR) is 48.3 cm³/mol. The topological polar surface area (TPSA) is 58.3 Å². The molecule has 4 heteroatoms. The molecule has 0 aliphatic heterocycles. The fourth-order valence-electron chi connectivity index (χ4n) is 0.552. The van der Waals surface area contributed by atoms with Crippen LogP contribution in [0.4, 0.5) is 0 Å². The highest BCUT2D eigenvalue weighted by atomic mass is 79.9. The molecule has 0 saturated carbocycles. The molecule has 10 heavy (non-hydrogen) atoms. The first-order chi connectivity index (χ1) is 4.27. The summed E-state index contributed by atoms with van der Waals surface area (Å²) < 4.78 is 0. The van der Waals surface area contributed by atoms with Crippen molar-refractivity contribution in [3.63, 3.8) is 0 Å². The molecular formula is C6H17BrN2O. The van der Waals surface area contributed by atoms with Crippen molar-refractivity contribution in [1.29, 1.82) is 0 Å². The molecule has 0 fully saturated rings. The Morgan fingerprint density at radius 3 is 2.60 bits per heavy atom. The van der Waals surface area contributed by atoms with Gasteiger partial charge in [-0.1, -0.05) is 13.3 Å². The maximum atomic E-state index is 8.57. The standard InChI is InChI=1S/C6H16N2O.BrH/c1-2-3-4-8-5-6(7)9;/h6,8-9H,2-5,7H2,1H3;1H. The number of rotatable bonds is 5. The van der Waals surface area contributed by atoms with Crippen LogP contribution in [-0.4, -0.2) is 24.4 Å². The minimum atomic E-state index is -0.707. The van der Waals surface area contributed by atoms with E-state index in [1.165, 1.54) is 6.42 Å². The van der Waals surface area contributed by atoms with Gasteiger partial charge in [0.05, 0.1) is 0 Å². The summed E-state index contributed by atoms with van der Waals surface area (Å²) in [5.41, 5.74) is 5.07. The summed E-state index contributed by atoms with van der Waals surface area (Å²) in [5.74, 6) is 0. The Kier molecular flexibility index (Phi) is 12.2. The van der Waals surface area contributed by atoms with Crippen LogP contribution in [0.2, 0.25) is 0 Å². The third kappa shape index (κ3) is 11.2. The highest BCUT2D eigenvalue weighted by Crippen LogP contribution is 1.81. The Hall–Kier alpha value is 0.360. The summed E-state index contributed by atoms with van der Waals surface area (Å²) in [6, 6.07) is 0. The molecule has 64 valence electrons. The van der Waals surface area contributed by atoms with Gasteiger partial charge in [0.15, 0.2) is 0 Å². The number of halogens is 1. The second-order valence-corrected chi connectivity index (χ2v) is 2.13. The summed E-state index contributed by atoms with van der Waals surface area (Å²) >= 11 is 0. The first-order valence-electron chi connectivity index (χ1n) is 3.41. The number of nitrogens with one attached hydrogen (secondary N) is 1. The molecule has 0 aromatic rings. The van der Waals surface area contributed by atoms with Crippen molar-refractivity contribution in [3.8, 4) is 0 Å². The first kappa shape index (κ1) is 13.0. The lowest BCUT2D eigenvalue weighted by atomic mass is 10.3. The molecule has 1 atom stereocenters. The van der Waals surface area contributed by atoms with Gasteiger partial charge in [-0.3, -0.25) is 0 Å². The van der Waals surface area contributed by atoms with Crippen LogP contribution in [0, 0.1) is 0 Å². The van der Waals surface area contributed by atoms with Gasteiger partial charge < -0.3 is 16.2 Å². The van der Waals surface area contributed by atoms with E-state index < -0.39 is 6.23 Å². The van der Waals surface area contributed by atoms with Crippen molar-refractivity contribution in [2.24, 2.45) is 5.73 Å². The minimum Gasteiger partial charge on any atom is -0.377 e. The second kappa shape index (κ2) is 9.36. The van der Waals surface area contributed by atoms with Crippen LogP contribution < -0.4 is 11.1 Å². The summed E-state index contributed by atoms with van der Waals surface area (Å²) in [6.45, 7) is 3.57. The molecular weight excluding hydrogens is 196 g/mol. The van der Waals surface area contributed by atoms with Gasteiger partial charge in [0.25, 0.3) is 0 Å². The van der Waals surface area contributed by atoms with Crippen LogP contribution in [-0.2, 0) is 0 Å². The SMILES string of the molecule is Br.CCCCNCC(N)O. The zero-order chi connectivity index (χ0) is 7.11. The number of unbranched alkanes of at least 4 members (excludes halogenated alkanes) is 1. The van der Waals surface area contributed by atoms with E-state index in [4.69, 9.17) is 10.8 Å². The molecule has 0 amide bonds. The summed E-state index contributed by atoms with van der Waals surface area (Å²) in [7, 11) is 0. The summed E-state index contributed by atoms with van der Waals surface area (Å²) in [5, 5.41) is 11.6. The van der Waals surface area contributed by atoms with E-state index in [9.17, 15) is 0 Å². The number of aliphatic hydroxyl groups excluding tert-OH is 1. The highest BCUT2D eigenvalue weighted by molar-refractivity contribution is 8.93. The van der Waals surface area contributed by atoms with Crippen LogP contribution >= 0.6 is 17.0 Å². The van der Waals surface area contributed by atoms with Crippen LogP contribution in [0.5, 0.6) is 0 Å². The maximum Gasteiger partial charge on any atom is 0.115 e. The molecule has 0 heterocycles. The third-order valence-corrected chi connectivity index (χ3v) is 1.06. The molecule has 0 radical (unpaired) electrons. The summed E-state index contributed by atoms with van der Waals surface area (Å²) in [4.78, 5) is 0. The van der Waals surface area contributed by atoms with Crippen LogP contribution in [0.3, 0.4) is 0 Å².